The van der Waals surface area contributed by atoms with Gasteiger partial charge in [-0.2, -0.15) is 5.10 Å². The van der Waals surface area contributed by atoms with E-state index >= 15 is 0 Å². The van der Waals surface area contributed by atoms with Gasteiger partial charge in [-0.1, -0.05) is 0 Å². The molecule has 2 aromatic rings. The predicted molar refractivity (Wildman–Crippen MR) is 87.9 cm³/mol. The minimum absolute atomic E-state index is 0.0595. The van der Waals surface area contributed by atoms with Crippen molar-refractivity contribution >= 4 is 5.91 Å². The van der Waals surface area contributed by atoms with Gasteiger partial charge in [0.2, 0.25) is 5.91 Å². The van der Waals surface area contributed by atoms with E-state index in [1.165, 1.54) is 5.56 Å². The van der Waals surface area contributed by atoms with Crippen LogP contribution in [0.4, 0.5) is 0 Å². The van der Waals surface area contributed by atoms with Gasteiger partial charge in [0.1, 0.15) is 5.54 Å². The van der Waals surface area contributed by atoms with Crippen LogP contribution in [0.2, 0.25) is 0 Å². The fourth-order valence-electron chi connectivity index (χ4n) is 3.20. The van der Waals surface area contributed by atoms with Crippen molar-refractivity contribution in [3.8, 4) is 0 Å². The van der Waals surface area contributed by atoms with Gasteiger partial charge in [-0.3, -0.25) is 14.5 Å². The topological polar surface area (TPSA) is 71.8 Å². The Morgan fingerprint density at radius 3 is 2.74 bits per heavy atom. The summed E-state index contributed by atoms with van der Waals surface area (Å²) in [7, 11) is 0. The van der Waals surface area contributed by atoms with Crippen LogP contribution in [0.1, 0.15) is 25.3 Å². The number of aromatic nitrogens is 3. The number of nitrogens with one attached hydrogen (secondary N) is 2. The van der Waals surface area contributed by atoms with Crippen LogP contribution in [-0.4, -0.2) is 39.8 Å². The van der Waals surface area contributed by atoms with Crippen LogP contribution >= 0.6 is 0 Å². The van der Waals surface area contributed by atoms with Crippen LogP contribution in [0.5, 0.6) is 0 Å². The monoisotopic (exact) mass is 313 g/mol. The maximum Gasteiger partial charge on any atom is 0.248 e. The normalized spacial score (nSPS) is 18.3. The van der Waals surface area contributed by atoms with Gasteiger partial charge in [0.25, 0.3) is 0 Å². The molecule has 1 aliphatic rings. The van der Waals surface area contributed by atoms with E-state index in [0.29, 0.717) is 0 Å². The molecule has 0 aliphatic carbocycles. The van der Waals surface area contributed by atoms with Crippen LogP contribution < -0.4 is 10.6 Å². The van der Waals surface area contributed by atoms with Crippen molar-refractivity contribution in [3.05, 3.63) is 48.5 Å². The fourth-order valence-corrected chi connectivity index (χ4v) is 3.20. The Morgan fingerprint density at radius 1 is 1.35 bits per heavy atom. The maximum absolute atomic E-state index is 13.0. The quantitative estimate of drug-likeness (QED) is 0.867. The Morgan fingerprint density at radius 2 is 2.09 bits per heavy atom. The molecule has 0 aromatic carbocycles. The second kappa shape index (κ2) is 6.91. The predicted octanol–water partition coefficient (Wildman–Crippen LogP) is 1.10. The zero-order valence-corrected chi connectivity index (χ0v) is 13.4. The summed E-state index contributed by atoms with van der Waals surface area (Å²) in [5, 5.41) is 10.8. The number of hydrogen-bond donors (Lipinski definition) is 2. The number of carbonyl (C=O) groups excluding carboxylic acids is 1. The molecule has 6 nitrogen and oxygen atoms in total. The summed E-state index contributed by atoms with van der Waals surface area (Å²) in [5.74, 6) is 0.0595. The number of piperidine rings is 1. The summed E-state index contributed by atoms with van der Waals surface area (Å²) in [6, 6.07) is 5.90. The lowest BCUT2D eigenvalue weighted by molar-refractivity contribution is -0.132. The van der Waals surface area contributed by atoms with Gasteiger partial charge < -0.3 is 10.6 Å². The van der Waals surface area contributed by atoms with E-state index in [1.54, 1.807) is 18.6 Å². The molecule has 1 amide bonds. The molecular weight excluding hydrogens is 290 g/mol. The first-order chi connectivity index (χ1) is 11.2. The van der Waals surface area contributed by atoms with Crippen molar-refractivity contribution in [1.82, 2.24) is 25.4 Å². The molecule has 0 radical (unpaired) electrons. The molecule has 122 valence electrons. The third-order valence-corrected chi connectivity index (χ3v) is 4.47. The van der Waals surface area contributed by atoms with Gasteiger partial charge >= 0.3 is 0 Å². The SMILES string of the molecule is CC(Cc1ccncc1)NC(=O)C1(n2cccn2)CCNCC1. The van der Waals surface area contributed by atoms with Gasteiger partial charge in [0.05, 0.1) is 0 Å². The molecular formula is C17H23N5O. The summed E-state index contributed by atoms with van der Waals surface area (Å²) in [6.45, 7) is 3.69. The highest BCUT2D eigenvalue weighted by atomic mass is 16.2. The van der Waals surface area contributed by atoms with Crippen molar-refractivity contribution < 1.29 is 4.79 Å². The third-order valence-electron chi connectivity index (χ3n) is 4.47. The molecule has 1 aliphatic heterocycles. The lowest BCUT2D eigenvalue weighted by Crippen LogP contribution is -2.56. The second-order valence-electron chi connectivity index (χ2n) is 6.17. The summed E-state index contributed by atoms with van der Waals surface area (Å²) < 4.78 is 1.82. The standard InChI is InChI=1S/C17H23N5O/c1-14(13-15-3-8-18-9-4-15)21-16(23)17(5-10-19-11-6-17)22-12-2-7-20-22/h2-4,7-9,12,14,19H,5-6,10-11,13H2,1H3,(H,21,23). The van der Waals surface area contributed by atoms with E-state index in [-0.39, 0.29) is 11.9 Å². The lowest BCUT2D eigenvalue weighted by atomic mass is 9.87. The fraction of sp³-hybridized carbons (Fsp3) is 0.471. The zero-order valence-electron chi connectivity index (χ0n) is 13.4. The molecule has 0 bridgehead atoms. The van der Waals surface area contributed by atoms with Gasteiger partial charge in [-0.05, 0) is 63.0 Å². The van der Waals surface area contributed by atoms with E-state index in [9.17, 15) is 4.79 Å². The van der Waals surface area contributed by atoms with Crippen LogP contribution in [0, 0.1) is 0 Å². The zero-order chi connectivity index (χ0) is 16.1. The van der Waals surface area contributed by atoms with Crippen molar-refractivity contribution in [3.63, 3.8) is 0 Å². The van der Waals surface area contributed by atoms with Crippen molar-refractivity contribution in [2.45, 2.75) is 37.8 Å². The maximum atomic E-state index is 13.0. The first-order valence-corrected chi connectivity index (χ1v) is 8.11. The van der Waals surface area contributed by atoms with Gasteiger partial charge in [-0.25, -0.2) is 0 Å². The molecule has 1 saturated heterocycles. The molecule has 2 N–H and O–H groups in total. The van der Waals surface area contributed by atoms with Crippen molar-refractivity contribution in [2.24, 2.45) is 0 Å². The number of pyridine rings is 1. The van der Waals surface area contributed by atoms with E-state index in [4.69, 9.17) is 0 Å². The Kier molecular flexibility index (Phi) is 4.71. The third kappa shape index (κ3) is 3.42. The Hall–Kier alpha value is -2.21. The minimum Gasteiger partial charge on any atom is -0.351 e. The Bertz CT molecular complexity index is 620. The average molecular weight is 313 g/mol. The first-order valence-electron chi connectivity index (χ1n) is 8.11. The highest BCUT2D eigenvalue weighted by Crippen LogP contribution is 2.27. The summed E-state index contributed by atoms with van der Waals surface area (Å²) in [4.78, 5) is 17.0. The molecule has 0 spiro atoms. The van der Waals surface area contributed by atoms with E-state index in [0.717, 1.165) is 32.4 Å². The molecule has 6 heteroatoms. The number of amides is 1. The molecule has 1 atom stereocenters. The summed E-state index contributed by atoms with van der Waals surface area (Å²) in [6.07, 6.45) is 9.48. The van der Waals surface area contributed by atoms with Gasteiger partial charge in [0.15, 0.2) is 0 Å². The smallest absolute Gasteiger partial charge is 0.248 e. The number of hydrogen-bond acceptors (Lipinski definition) is 4. The molecule has 3 heterocycles. The molecule has 1 unspecified atom stereocenters. The van der Waals surface area contributed by atoms with Crippen LogP contribution in [0.15, 0.2) is 43.0 Å². The highest BCUT2D eigenvalue weighted by molar-refractivity contribution is 5.84. The average Bonchev–Trinajstić information content (AvgIpc) is 3.11. The van der Waals surface area contributed by atoms with Gasteiger partial charge in [-0.15, -0.1) is 0 Å². The number of carbonyl (C=O) groups is 1. The van der Waals surface area contributed by atoms with Crippen LogP contribution in [0.25, 0.3) is 0 Å². The van der Waals surface area contributed by atoms with Crippen molar-refractivity contribution in [1.29, 1.82) is 0 Å². The van der Waals surface area contributed by atoms with Gasteiger partial charge in [0, 0.05) is 30.8 Å². The highest BCUT2D eigenvalue weighted by Gasteiger charge is 2.42. The van der Waals surface area contributed by atoms with Crippen LogP contribution in [-0.2, 0) is 16.8 Å². The lowest BCUT2D eigenvalue weighted by Gasteiger charge is -2.37. The molecule has 0 saturated carbocycles. The minimum atomic E-state index is -0.582. The van der Waals surface area contributed by atoms with E-state index in [1.807, 2.05) is 36.0 Å². The summed E-state index contributed by atoms with van der Waals surface area (Å²) in [5.41, 5.74) is 0.590. The van der Waals surface area contributed by atoms with E-state index < -0.39 is 5.54 Å². The number of rotatable bonds is 5. The number of nitrogens with zero attached hydrogens (tertiary/aromatic N) is 3. The molecule has 2 aromatic heterocycles. The molecule has 3 rings (SSSR count). The van der Waals surface area contributed by atoms with Crippen molar-refractivity contribution in [2.75, 3.05) is 13.1 Å². The van der Waals surface area contributed by atoms with Crippen LogP contribution in [0.3, 0.4) is 0 Å². The summed E-state index contributed by atoms with van der Waals surface area (Å²) >= 11 is 0. The van der Waals surface area contributed by atoms with E-state index in [2.05, 4.69) is 20.7 Å². The Labute approximate surface area is 136 Å². The second-order valence-corrected chi connectivity index (χ2v) is 6.17. The molecule has 1 fully saturated rings. The Balaban J connectivity index is 1.71. The first kappa shape index (κ1) is 15.7. The largest absolute Gasteiger partial charge is 0.351 e. The molecule has 23 heavy (non-hydrogen) atoms.